The lowest BCUT2D eigenvalue weighted by atomic mass is 9.73. The van der Waals surface area contributed by atoms with Crippen LogP contribution in [0.15, 0.2) is 51.5 Å². The zero-order valence-corrected chi connectivity index (χ0v) is 26.6. The van der Waals surface area contributed by atoms with Crippen LogP contribution in [-0.2, 0) is 27.0 Å². The Kier molecular flexibility index (Phi) is 9.13. The molecule has 222 valence electrons. The smallest absolute Gasteiger partial charge is 0.262 e. The number of anilines is 1. The number of halogens is 1. The number of aromatic nitrogens is 3. The molecule has 2 aliphatic rings. The van der Waals surface area contributed by atoms with Gasteiger partial charge in [-0.1, -0.05) is 23.4 Å². The molecule has 2 aliphatic heterocycles. The number of methoxy groups -OCH3 is 1. The fourth-order valence-corrected chi connectivity index (χ4v) is 7.68. The summed E-state index contributed by atoms with van der Waals surface area (Å²) in [6, 6.07) is 7.83. The van der Waals surface area contributed by atoms with E-state index in [4.69, 9.17) is 26.1 Å². The highest BCUT2D eigenvalue weighted by Gasteiger charge is 2.50. The molecule has 1 N–H and O–H groups in total. The third-order valence-corrected chi connectivity index (χ3v) is 11.1. The molecular weight excluding hydrogens is 582 g/mol. The van der Waals surface area contributed by atoms with E-state index in [1.165, 1.54) is 22.7 Å². The number of pyridine rings is 1. The van der Waals surface area contributed by atoms with Gasteiger partial charge in [-0.25, -0.2) is 18.9 Å². The largest absolute Gasteiger partial charge is 0.383 e. The summed E-state index contributed by atoms with van der Waals surface area (Å²) in [5.41, 5.74) is 1.42. The number of fused-ring (bicyclic) bond motifs is 1. The van der Waals surface area contributed by atoms with Gasteiger partial charge in [-0.05, 0) is 64.8 Å². The SMILES string of the molecule is COCCn1cnc2ccc(Sc3ccc(N4CCC5(CC4)CO[C@@H](C)[C@H]5NS(=O)C(C)(C)C)cn3)c(Cl)c2c1=O. The minimum absolute atomic E-state index is 0.0239. The quantitative estimate of drug-likeness (QED) is 0.389. The second kappa shape index (κ2) is 12.3. The molecule has 2 saturated heterocycles. The fraction of sp³-hybridized carbons (Fsp3) is 0.552. The molecule has 9 nitrogen and oxygen atoms in total. The summed E-state index contributed by atoms with van der Waals surface area (Å²) in [5.74, 6) is 0. The number of nitrogens with zero attached hydrogens (tertiary/aromatic N) is 4. The highest BCUT2D eigenvalue weighted by molar-refractivity contribution is 7.99. The first-order valence-electron chi connectivity index (χ1n) is 13.9. The first-order chi connectivity index (χ1) is 19.5. The summed E-state index contributed by atoms with van der Waals surface area (Å²) >= 11 is 8.14. The van der Waals surface area contributed by atoms with Gasteiger partial charge in [0.2, 0.25) is 0 Å². The maximum atomic E-state index is 13.0. The van der Waals surface area contributed by atoms with Crippen molar-refractivity contribution in [3.05, 3.63) is 52.2 Å². The summed E-state index contributed by atoms with van der Waals surface area (Å²) < 4.78 is 28.7. The lowest BCUT2D eigenvalue weighted by Crippen LogP contribution is -2.55. The van der Waals surface area contributed by atoms with Crippen molar-refractivity contribution < 1.29 is 13.7 Å². The van der Waals surface area contributed by atoms with Crippen molar-refractivity contribution in [1.82, 2.24) is 19.3 Å². The van der Waals surface area contributed by atoms with Gasteiger partial charge in [-0.2, -0.15) is 0 Å². The van der Waals surface area contributed by atoms with Crippen LogP contribution in [0.25, 0.3) is 10.9 Å². The van der Waals surface area contributed by atoms with E-state index in [2.05, 4.69) is 27.6 Å². The van der Waals surface area contributed by atoms with Gasteiger partial charge in [0.15, 0.2) is 0 Å². The van der Waals surface area contributed by atoms with Crippen LogP contribution in [0.3, 0.4) is 0 Å². The Morgan fingerprint density at radius 2 is 1.98 bits per heavy atom. The molecule has 5 rings (SSSR count). The Bertz CT molecular complexity index is 1470. The van der Waals surface area contributed by atoms with Crippen molar-refractivity contribution in [1.29, 1.82) is 0 Å². The monoisotopic (exact) mass is 619 g/mol. The molecule has 0 amide bonds. The van der Waals surface area contributed by atoms with Crippen LogP contribution in [0.4, 0.5) is 5.69 Å². The Balaban J connectivity index is 1.26. The van der Waals surface area contributed by atoms with E-state index in [1.54, 1.807) is 7.11 Å². The minimum atomic E-state index is -1.15. The third kappa shape index (κ3) is 6.35. The topological polar surface area (TPSA) is 98.6 Å². The van der Waals surface area contributed by atoms with Crippen LogP contribution in [-0.4, -0.2) is 69.0 Å². The second-order valence-corrected chi connectivity index (χ2v) is 15.2. The van der Waals surface area contributed by atoms with E-state index < -0.39 is 11.0 Å². The number of benzene rings is 1. The third-order valence-electron chi connectivity index (χ3n) is 8.04. The molecule has 41 heavy (non-hydrogen) atoms. The van der Waals surface area contributed by atoms with Crippen molar-refractivity contribution >= 4 is 50.9 Å². The van der Waals surface area contributed by atoms with Crippen molar-refractivity contribution in [3.8, 4) is 0 Å². The van der Waals surface area contributed by atoms with Gasteiger partial charge >= 0.3 is 0 Å². The van der Waals surface area contributed by atoms with Crippen LogP contribution in [0, 0.1) is 5.41 Å². The van der Waals surface area contributed by atoms with Gasteiger partial charge in [-0.3, -0.25) is 9.36 Å². The van der Waals surface area contributed by atoms with E-state index in [0.29, 0.717) is 35.7 Å². The van der Waals surface area contributed by atoms with Crippen molar-refractivity contribution in [2.75, 3.05) is 38.3 Å². The molecule has 0 aliphatic carbocycles. The molecule has 12 heteroatoms. The normalized spacial score (nSPS) is 21.6. The highest BCUT2D eigenvalue weighted by atomic mass is 35.5. The maximum Gasteiger partial charge on any atom is 0.262 e. The average Bonchev–Trinajstić information content (AvgIpc) is 3.24. The molecular formula is C29H38ClN5O4S2. The predicted octanol–water partition coefficient (Wildman–Crippen LogP) is 4.67. The van der Waals surface area contributed by atoms with Crippen LogP contribution < -0.4 is 15.2 Å². The molecule has 4 heterocycles. The molecule has 0 radical (unpaired) electrons. The molecule has 1 aromatic carbocycles. The summed E-state index contributed by atoms with van der Waals surface area (Å²) in [5, 5.41) is 1.57. The van der Waals surface area contributed by atoms with Crippen molar-refractivity contribution in [3.63, 3.8) is 0 Å². The summed E-state index contributed by atoms with van der Waals surface area (Å²) in [7, 11) is 0.449. The van der Waals surface area contributed by atoms with Gasteiger partial charge in [0.05, 0.1) is 81.8 Å². The Morgan fingerprint density at radius 1 is 1.22 bits per heavy atom. The Labute approximate surface area is 253 Å². The van der Waals surface area contributed by atoms with Crippen LogP contribution in [0.2, 0.25) is 5.02 Å². The van der Waals surface area contributed by atoms with Gasteiger partial charge in [0, 0.05) is 30.5 Å². The fourth-order valence-electron chi connectivity index (χ4n) is 5.51. The number of hydrogen-bond acceptors (Lipinski definition) is 8. The molecule has 1 unspecified atom stereocenters. The molecule has 1 spiro atoms. The maximum absolute atomic E-state index is 13.0. The number of piperidine rings is 1. The van der Waals surface area contributed by atoms with Gasteiger partial charge in [0.25, 0.3) is 5.56 Å². The highest BCUT2D eigenvalue weighted by Crippen LogP contribution is 2.44. The second-order valence-electron chi connectivity index (χ2n) is 11.8. The number of hydrogen-bond donors (Lipinski definition) is 1. The summed E-state index contributed by atoms with van der Waals surface area (Å²) in [4.78, 5) is 25.2. The molecule has 2 aromatic heterocycles. The molecule has 3 atom stereocenters. The summed E-state index contributed by atoms with van der Waals surface area (Å²) in [6.07, 6.45) is 5.36. The summed E-state index contributed by atoms with van der Waals surface area (Å²) in [6.45, 7) is 11.3. The minimum Gasteiger partial charge on any atom is -0.383 e. The zero-order valence-electron chi connectivity index (χ0n) is 24.2. The lowest BCUT2D eigenvalue weighted by molar-refractivity contribution is 0.0974. The van der Waals surface area contributed by atoms with E-state index in [0.717, 1.165) is 41.5 Å². The van der Waals surface area contributed by atoms with E-state index >= 15 is 0 Å². The van der Waals surface area contributed by atoms with Gasteiger partial charge in [-0.15, -0.1) is 0 Å². The van der Waals surface area contributed by atoms with Gasteiger partial charge < -0.3 is 14.4 Å². The molecule has 0 bridgehead atoms. The molecule has 0 saturated carbocycles. The first kappa shape index (κ1) is 30.4. The van der Waals surface area contributed by atoms with Crippen LogP contribution >= 0.6 is 23.4 Å². The number of rotatable bonds is 8. The van der Waals surface area contributed by atoms with E-state index in [1.807, 2.05) is 45.2 Å². The van der Waals surface area contributed by atoms with Gasteiger partial charge in [0.1, 0.15) is 5.03 Å². The van der Waals surface area contributed by atoms with E-state index in [-0.39, 0.29) is 27.9 Å². The number of ether oxygens (including phenoxy) is 2. The van der Waals surface area contributed by atoms with E-state index in [9.17, 15) is 9.00 Å². The molecule has 2 fully saturated rings. The Morgan fingerprint density at radius 3 is 2.63 bits per heavy atom. The van der Waals surface area contributed by atoms with Crippen LogP contribution in [0.1, 0.15) is 40.5 Å². The zero-order chi connectivity index (χ0) is 29.4. The van der Waals surface area contributed by atoms with Crippen molar-refractivity contribution in [2.45, 2.75) is 73.9 Å². The predicted molar refractivity (Wildman–Crippen MR) is 165 cm³/mol. The average molecular weight is 620 g/mol. The Hall–Kier alpha value is -2.02. The standard InChI is InChI=1S/C29H38ClN5O4S2/c1-19-26(33-41(37)28(2,3)4)29(17-39-19)10-12-34(13-11-29)20-6-9-23(31-16-20)40-22-8-7-21-24(25(22)30)27(36)35(18-32-21)14-15-38-5/h6-9,16,18-19,26,33H,10-15,17H2,1-5H3/t19-,26+,41?/m0/s1. The van der Waals surface area contributed by atoms with Crippen molar-refractivity contribution in [2.24, 2.45) is 5.41 Å². The number of nitrogens with one attached hydrogen (secondary N) is 1. The lowest BCUT2D eigenvalue weighted by Gasteiger charge is -2.43. The molecule has 3 aromatic rings. The van der Waals surface area contributed by atoms with Crippen LogP contribution in [0.5, 0.6) is 0 Å². The first-order valence-corrected chi connectivity index (χ1v) is 16.2.